The highest BCUT2D eigenvalue weighted by Crippen LogP contribution is 2.52. The van der Waals surface area contributed by atoms with Crippen LogP contribution in [0.4, 0.5) is 5.69 Å². The largest absolute Gasteiger partial charge is 0.465 e. The summed E-state index contributed by atoms with van der Waals surface area (Å²) in [5.74, 6) is 0.220. The molecule has 0 radical (unpaired) electrons. The molecular formula is C20H17Cl2NO2. The maximum Gasteiger partial charge on any atom is 0.339 e. The topological polar surface area (TPSA) is 38.3 Å². The van der Waals surface area contributed by atoms with Gasteiger partial charge in [-0.2, -0.15) is 0 Å². The number of para-hydroxylation sites is 1. The molecule has 1 aliphatic heterocycles. The average molecular weight is 374 g/mol. The number of rotatable bonds is 2. The van der Waals surface area contributed by atoms with E-state index in [0.717, 1.165) is 23.2 Å². The summed E-state index contributed by atoms with van der Waals surface area (Å²) < 4.78 is 4.95. The first-order chi connectivity index (χ1) is 12.1. The second kappa shape index (κ2) is 6.40. The minimum absolute atomic E-state index is 0.0236. The van der Waals surface area contributed by atoms with Crippen molar-refractivity contribution >= 4 is 34.9 Å². The van der Waals surface area contributed by atoms with Crippen molar-refractivity contribution in [1.82, 2.24) is 0 Å². The summed E-state index contributed by atoms with van der Waals surface area (Å²) in [5.41, 5.74) is 3.44. The van der Waals surface area contributed by atoms with Crippen LogP contribution in [0.15, 0.2) is 48.6 Å². The quantitative estimate of drug-likeness (QED) is 0.549. The Morgan fingerprint density at radius 1 is 1.16 bits per heavy atom. The Labute approximate surface area is 156 Å². The number of nitrogens with one attached hydrogen (secondary N) is 1. The van der Waals surface area contributed by atoms with Crippen LogP contribution in [0.1, 0.15) is 39.9 Å². The van der Waals surface area contributed by atoms with Crippen molar-refractivity contribution in [1.29, 1.82) is 0 Å². The Hall–Kier alpha value is -1.97. The van der Waals surface area contributed by atoms with Gasteiger partial charge in [0, 0.05) is 5.92 Å². The summed E-state index contributed by atoms with van der Waals surface area (Å²) in [6.07, 6.45) is 5.37. The summed E-state index contributed by atoms with van der Waals surface area (Å²) in [4.78, 5) is 12.2. The van der Waals surface area contributed by atoms with E-state index >= 15 is 0 Å². The number of hydrogen-bond acceptors (Lipinski definition) is 3. The third-order valence-electron chi connectivity index (χ3n) is 5.12. The van der Waals surface area contributed by atoms with Crippen LogP contribution in [0.5, 0.6) is 0 Å². The van der Waals surface area contributed by atoms with E-state index in [-0.39, 0.29) is 17.9 Å². The van der Waals surface area contributed by atoms with Gasteiger partial charge in [0.15, 0.2) is 0 Å². The lowest BCUT2D eigenvalue weighted by Crippen LogP contribution is -2.30. The molecule has 0 aromatic heterocycles. The van der Waals surface area contributed by atoms with Crippen molar-refractivity contribution < 1.29 is 9.53 Å². The fourth-order valence-electron chi connectivity index (χ4n) is 3.97. The standard InChI is InChI=1S/C20H17Cl2NO2/c1-25-20(24)15-9-3-7-13-11-5-2-6-12(11)18(23-19(13)15)14-8-4-10-16(21)17(14)22/h2-5,7-12,18,23H,6H2,1H3/t11-,12-,18-/m0/s1. The molecule has 0 unspecified atom stereocenters. The van der Waals surface area contributed by atoms with Gasteiger partial charge in [-0.3, -0.25) is 0 Å². The number of halogens is 2. The summed E-state index contributed by atoms with van der Waals surface area (Å²) in [6.45, 7) is 0. The maximum atomic E-state index is 12.2. The Morgan fingerprint density at radius 2 is 1.92 bits per heavy atom. The Kier molecular flexibility index (Phi) is 4.22. The van der Waals surface area contributed by atoms with Gasteiger partial charge in [-0.25, -0.2) is 4.79 Å². The van der Waals surface area contributed by atoms with Crippen molar-refractivity contribution in [3.8, 4) is 0 Å². The monoisotopic (exact) mass is 373 g/mol. The van der Waals surface area contributed by atoms with Crippen LogP contribution < -0.4 is 5.32 Å². The summed E-state index contributed by atoms with van der Waals surface area (Å²) in [6, 6.07) is 11.4. The molecule has 2 aromatic rings. The van der Waals surface area contributed by atoms with Crippen LogP contribution in [0.2, 0.25) is 10.0 Å². The summed E-state index contributed by atoms with van der Waals surface area (Å²) in [5, 5.41) is 4.65. The van der Waals surface area contributed by atoms with E-state index in [1.165, 1.54) is 7.11 Å². The normalized spacial score (nSPS) is 23.6. The number of methoxy groups -OCH3 is 1. The lowest BCUT2D eigenvalue weighted by atomic mass is 9.76. The van der Waals surface area contributed by atoms with E-state index in [1.807, 2.05) is 18.2 Å². The van der Waals surface area contributed by atoms with Crippen molar-refractivity contribution in [3.63, 3.8) is 0 Å². The van der Waals surface area contributed by atoms with E-state index in [2.05, 4.69) is 23.5 Å². The maximum absolute atomic E-state index is 12.2. The molecule has 1 N–H and O–H groups in total. The molecular weight excluding hydrogens is 357 g/mol. The third kappa shape index (κ3) is 2.62. The highest BCUT2D eigenvalue weighted by Gasteiger charge is 2.40. The fourth-order valence-corrected chi connectivity index (χ4v) is 4.40. The predicted molar refractivity (Wildman–Crippen MR) is 101 cm³/mol. The number of allylic oxidation sites excluding steroid dienone is 2. The predicted octanol–water partition coefficient (Wildman–Crippen LogP) is 5.61. The van der Waals surface area contributed by atoms with Gasteiger partial charge in [-0.1, -0.05) is 59.6 Å². The number of fused-ring (bicyclic) bond motifs is 3. The summed E-state index contributed by atoms with van der Waals surface area (Å²) in [7, 11) is 1.40. The molecule has 1 aliphatic carbocycles. The molecule has 5 heteroatoms. The molecule has 4 rings (SSSR count). The van der Waals surface area contributed by atoms with Gasteiger partial charge in [0.05, 0.1) is 34.4 Å². The van der Waals surface area contributed by atoms with Crippen molar-refractivity contribution in [2.75, 3.05) is 12.4 Å². The zero-order valence-electron chi connectivity index (χ0n) is 13.6. The Bertz CT molecular complexity index is 878. The van der Waals surface area contributed by atoms with Gasteiger partial charge in [0.25, 0.3) is 0 Å². The molecule has 2 aliphatic rings. The van der Waals surface area contributed by atoms with E-state index in [0.29, 0.717) is 21.5 Å². The van der Waals surface area contributed by atoms with Crippen LogP contribution >= 0.6 is 23.2 Å². The molecule has 0 spiro atoms. The van der Waals surface area contributed by atoms with Gasteiger partial charge < -0.3 is 10.1 Å². The van der Waals surface area contributed by atoms with Crippen LogP contribution in [-0.4, -0.2) is 13.1 Å². The first-order valence-electron chi connectivity index (χ1n) is 8.20. The number of carbonyl (C=O) groups is 1. The molecule has 0 amide bonds. The van der Waals surface area contributed by atoms with Gasteiger partial charge in [-0.15, -0.1) is 0 Å². The number of esters is 1. The van der Waals surface area contributed by atoms with E-state index in [1.54, 1.807) is 12.1 Å². The lowest BCUT2D eigenvalue weighted by Gasteiger charge is -2.38. The smallest absolute Gasteiger partial charge is 0.339 e. The lowest BCUT2D eigenvalue weighted by molar-refractivity contribution is 0.0601. The number of benzene rings is 2. The van der Waals surface area contributed by atoms with Gasteiger partial charge in [-0.05, 0) is 35.6 Å². The molecule has 3 atom stereocenters. The van der Waals surface area contributed by atoms with Crippen LogP contribution in [0, 0.1) is 5.92 Å². The zero-order valence-corrected chi connectivity index (χ0v) is 15.1. The van der Waals surface area contributed by atoms with Crippen molar-refractivity contribution in [3.05, 3.63) is 75.3 Å². The highest BCUT2D eigenvalue weighted by atomic mass is 35.5. The van der Waals surface area contributed by atoms with E-state index in [4.69, 9.17) is 27.9 Å². The molecule has 3 nitrogen and oxygen atoms in total. The first kappa shape index (κ1) is 16.5. The minimum atomic E-state index is -0.347. The molecule has 128 valence electrons. The summed E-state index contributed by atoms with van der Waals surface area (Å²) >= 11 is 12.7. The van der Waals surface area contributed by atoms with Crippen molar-refractivity contribution in [2.45, 2.75) is 18.4 Å². The first-order valence-corrected chi connectivity index (χ1v) is 8.95. The number of carbonyl (C=O) groups excluding carboxylic acids is 1. The van der Waals surface area contributed by atoms with Gasteiger partial charge in [0.1, 0.15) is 0 Å². The molecule has 0 bridgehead atoms. The number of ether oxygens (including phenoxy) is 1. The highest BCUT2D eigenvalue weighted by molar-refractivity contribution is 6.42. The molecule has 0 saturated heterocycles. The van der Waals surface area contributed by atoms with Gasteiger partial charge in [0.2, 0.25) is 0 Å². The molecule has 2 aromatic carbocycles. The van der Waals surface area contributed by atoms with Crippen LogP contribution in [0.25, 0.3) is 0 Å². The SMILES string of the molecule is COC(=O)c1cccc2c1N[C@H](c1cccc(Cl)c1Cl)[C@H]1CC=C[C@H]21. The second-order valence-corrected chi connectivity index (χ2v) is 7.17. The van der Waals surface area contributed by atoms with Crippen molar-refractivity contribution in [2.24, 2.45) is 5.92 Å². The molecule has 1 heterocycles. The fraction of sp³-hybridized carbons (Fsp3) is 0.250. The Balaban J connectivity index is 1.86. The zero-order chi connectivity index (χ0) is 17.6. The third-order valence-corrected chi connectivity index (χ3v) is 5.95. The van der Waals surface area contributed by atoms with Gasteiger partial charge >= 0.3 is 5.97 Å². The Morgan fingerprint density at radius 3 is 2.72 bits per heavy atom. The number of hydrogen-bond donors (Lipinski definition) is 1. The van der Waals surface area contributed by atoms with E-state index in [9.17, 15) is 4.79 Å². The molecule has 0 fully saturated rings. The number of anilines is 1. The van der Waals surface area contributed by atoms with Crippen LogP contribution in [0.3, 0.4) is 0 Å². The molecule has 0 saturated carbocycles. The average Bonchev–Trinajstić information content (AvgIpc) is 3.12. The second-order valence-electron chi connectivity index (χ2n) is 6.38. The minimum Gasteiger partial charge on any atom is -0.465 e. The molecule has 25 heavy (non-hydrogen) atoms. The van der Waals surface area contributed by atoms with E-state index < -0.39 is 0 Å². The van der Waals surface area contributed by atoms with Crippen LogP contribution in [-0.2, 0) is 4.74 Å².